The van der Waals surface area contributed by atoms with Gasteiger partial charge in [0.2, 0.25) is 5.95 Å². The number of rotatable bonds is 2. The van der Waals surface area contributed by atoms with Crippen molar-refractivity contribution in [2.24, 2.45) is 0 Å². The van der Waals surface area contributed by atoms with Gasteiger partial charge in [-0.25, -0.2) is 4.98 Å². The number of aromatic nitrogens is 2. The molecule has 1 aromatic heterocycles. The summed E-state index contributed by atoms with van der Waals surface area (Å²) in [6.07, 6.45) is 2.64. The van der Waals surface area contributed by atoms with Crippen LogP contribution in [0.1, 0.15) is 17.7 Å². The Morgan fingerprint density at radius 3 is 2.63 bits per heavy atom. The number of nitrogens with one attached hydrogen (secondary N) is 2. The molecule has 1 heterocycles. The summed E-state index contributed by atoms with van der Waals surface area (Å²) in [4.78, 5) is 19.0. The minimum absolute atomic E-state index is 0.0712. The maximum atomic E-state index is 11.9. The molecule has 1 aliphatic carbocycles. The molecule has 98 valence electrons. The molecule has 2 N–H and O–H groups in total. The van der Waals surface area contributed by atoms with Crippen molar-refractivity contribution in [3.63, 3.8) is 0 Å². The first-order chi connectivity index (χ1) is 9.11. The van der Waals surface area contributed by atoms with E-state index < -0.39 is 0 Å². The SMILES string of the molecule is O=c1[nH]c(Nc2cc(Cl)cc(Cl)c2)nc2c1CCC2. The van der Waals surface area contributed by atoms with Gasteiger partial charge in [-0.2, -0.15) is 0 Å². The van der Waals surface area contributed by atoms with Crippen molar-refractivity contribution < 1.29 is 0 Å². The van der Waals surface area contributed by atoms with Crippen LogP contribution < -0.4 is 10.9 Å². The normalized spacial score (nSPS) is 13.4. The topological polar surface area (TPSA) is 57.8 Å². The Morgan fingerprint density at radius 2 is 1.89 bits per heavy atom. The third-order valence-corrected chi connectivity index (χ3v) is 3.50. The predicted molar refractivity (Wildman–Crippen MR) is 76.6 cm³/mol. The van der Waals surface area contributed by atoms with Gasteiger partial charge in [-0.3, -0.25) is 9.78 Å². The third kappa shape index (κ3) is 2.60. The van der Waals surface area contributed by atoms with E-state index in [0.29, 0.717) is 21.7 Å². The van der Waals surface area contributed by atoms with Crippen LogP contribution in [0, 0.1) is 0 Å². The van der Waals surface area contributed by atoms with Crippen LogP contribution in [-0.2, 0) is 12.8 Å². The average Bonchev–Trinajstić information content (AvgIpc) is 2.75. The van der Waals surface area contributed by atoms with E-state index in [0.717, 1.165) is 30.5 Å². The minimum atomic E-state index is -0.0712. The number of halogens is 2. The Balaban J connectivity index is 1.95. The van der Waals surface area contributed by atoms with Gasteiger partial charge in [0.1, 0.15) is 0 Å². The van der Waals surface area contributed by atoms with E-state index >= 15 is 0 Å². The molecule has 0 amide bonds. The zero-order valence-electron chi connectivity index (χ0n) is 9.96. The fraction of sp³-hybridized carbons (Fsp3) is 0.231. The van der Waals surface area contributed by atoms with E-state index in [1.54, 1.807) is 18.2 Å². The first-order valence-electron chi connectivity index (χ1n) is 5.97. The number of anilines is 2. The summed E-state index contributed by atoms with van der Waals surface area (Å²) in [5, 5.41) is 4.07. The Labute approximate surface area is 119 Å². The van der Waals surface area contributed by atoms with Crippen molar-refractivity contribution >= 4 is 34.8 Å². The van der Waals surface area contributed by atoms with Crippen LogP contribution in [0.15, 0.2) is 23.0 Å². The summed E-state index contributed by atoms with van der Waals surface area (Å²) in [6.45, 7) is 0. The monoisotopic (exact) mass is 295 g/mol. The van der Waals surface area contributed by atoms with Gasteiger partial charge < -0.3 is 5.32 Å². The first-order valence-corrected chi connectivity index (χ1v) is 6.72. The van der Waals surface area contributed by atoms with Crippen molar-refractivity contribution in [3.8, 4) is 0 Å². The number of aromatic amines is 1. The van der Waals surface area contributed by atoms with Gasteiger partial charge in [0.15, 0.2) is 0 Å². The highest BCUT2D eigenvalue weighted by atomic mass is 35.5. The van der Waals surface area contributed by atoms with Gasteiger partial charge in [-0.15, -0.1) is 0 Å². The number of aryl methyl sites for hydroxylation is 1. The molecule has 0 aliphatic heterocycles. The number of nitrogens with zero attached hydrogens (tertiary/aromatic N) is 1. The minimum Gasteiger partial charge on any atom is -0.326 e. The molecule has 6 heteroatoms. The molecule has 0 bridgehead atoms. The van der Waals surface area contributed by atoms with Crippen LogP contribution in [0.25, 0.3) is 0 Å². The Hall–Kier alpha value is -1.52. The van der Waals surface area contributed by atoms with Crippen LogP contribution in [-0.4, -0.2) is 9.97 Å². The lowest BCUT2D eigenvalue weighted by Crippen LogP contribution is -2.16. The molecule has 0 fully saturated rings. The summed E-state index contributed by atoms with van der Waals surface area (Å²) in [6, 6.07) is 5.09. The Kier molecular flexibility index (Phi) is 3.21. The lowest BCUT2D eigenvalue weighted by molar-refractivity contribution is 0.899. The fourth-order valence-electron chi connectivity index (χ4n) is 2.26. The summed E-state index contributed by atoms with van der Waals surface area (Å²) < 4.78 is 0. The molecule has 0 atom stereocenters. The fourth-order valence-corrected chi connectivity index (χ4v) is 2.79. The number of hydrogen-bond donors (Lipinski definition) is 2. The smallest absolute Gasteiger partial charge is 0.255 e. The zero-order valence-corrected chi connectivity index (χ0v) is 11.5. The molecule has 0 radical (unpaired) electrons. The molecule has 2 aromatic rings. The standard InChI is InChI=1S/C13H11Cl2N3O/c14-7-4-8(15)6-9(5-7)16-13-17-11-3-1-2-10(11)12(19)18-13/h4-6H,1-3H2,(H2,16,17,18,19). The summed E-state index contributed by atoms with van der Waals surface area (Å²) in [7, 11) is 0. The third-order valence-electron chi connectivity index (χ3n) is 3.07. The molecule has 19 heavy (non-hydrogen) atoms. The van der Waals surface area contributed by atoms with Crippen LogP contribution in [0.3, 0.4) is 0 Å². The van der Waals surface area contributed by atoms with Crippen molar-refractivity contribution in [3.05, 3.63) is 49.9 Å². The molecular weight excluding hydrogens is 285 g/mol. The van der Waals surface area contributed by atoms with Gasteiger partial charge in [-0.1, -0.05) is 23.2 Å². The number of benzene rings is 1. The van der Waals surface area contributed by atoms with Crippen molar-refractivity contribution in [1.82, 2.24) is 9.97 Å². The van der Waals surface area contributed by atoms with Crippen LogP contribution >= 0.6 is 23.2 Å². The van der Waals surface area contributed by atoms with E-state index in [1.807, 2.05) is 0 Å². The lowest BCUT2D eigenvalue weighted by Gasteiger charge is -2.08. The Morgan fingerprint density at radius 1 is 1.16 bits per heavy atom. The summed E-state index contributed by atoms with van der Waals surface area (Å²) >= 11 is 11.8. The molecule has 0 saturated heterocycles. The number of fused-ring (bicyclic) bond motifs is 1. The summed E-state index contributed by atoms with van der Waals surface area (Å²) in [5.74, 6) is 0.420. The molecular formula is C13H11Cl2N3O. The van der Waals surface area contributed by atoms with Gasteiger partial charge >= 0.3 is 0 Å². The van der Waals surface area contributed by atoms with Crippen molar-refractivity contribution in [2.45, 2.75) is 19.3 Å². The average molecular weight is 296 g/mol. The quantitative estimate of drug-likeness (QED) is 0.894. The Bertz CT molecular complexity index is 677. The zero-order chi connectivity index (χ0) is 13.4. The van der Waals surface area contributed by atoms with Crippen molar-refractivity contribution in [2.75, 3.05) is 5.32 Å². The largest absolute Gasteiger partial charge is 0.326 e. The lowest BCUT2D eigenvalue weighted by atomic mass is 10.3. The first kappa shape index (κ1) is 12.5. The molecule has 3 rings (SSSR count). The predicted octanol–water partition coefficient (Wildman–Crippen LogP) is 3.31. The highest BCUT2D eigenvalue weighted by molar-refractivity contribution is 6.35. The van der Waals surface area contributed by atoms with Gasteiger partial charge in [0.05, 0.1) is 5.69 Å². The van der Waals surface area contributed by atoms with Gasteiger partial charge in [0, 0.05) is 21.3 Å². The second kappa shape index (κ2) is 4.87. The van der Waals surface area contributed by atoms with Crippen molar-refractivity contribution in [1.29, 1.82) is 0 Å². The van der Waals surface area contributed by atoms with Crippen LogP contribution in [0.5, 0.6) is 0 Å². The molecule has 1 aliphatic rings. The number of hydrogen-bond acceptors (Lipinski definition) is 3. The summed E-state index contributed by atoms with van der Waals surface area (Å²) in [5.41, 5.74) is 2.30. The molecule has 0 saturated carbocycles. The van der Waals surface area contributed by atoms with Crippen LogP contribution in [0.2, 0.25) is 10.0 Å². The van der Waals surface area contributed by atoms with E-state index in [2.05, 4.69) is 15.3 Å². The van der Waals surface area contributed by atoms with Gasteiger partial charge in [0.25, 0.3) is 5.56 Å². The second-order valence-electron chi connectivity index (χ2n) is 4.48. The van der Waals surface area contributed by atoms with E-state index in [4.69, 9.17) is 23.2 Å². The maximum Gasteiger partial charge on any atom is 0.255 e. The highest BCUT2D eigenvalue weighted by Crippen LogP contribution is 2.24. The van der Waals surface area contributed by atoms with E-state index in [9.17, 15) is 4.79 Å². The highest BCUT2D eigenvalue weighted by Gasteiger charge is 2.17. The molecule has 0 unspecified atom stereocenters. The molecule has 0 spiro atoms. The molecule has 1 aromatic carbocycles. The van der Waals surface area contributed by atoms with Crippen LogP contribution in [0.4, 0.5) is 11.6 Å². The van der Waals surface area contributed by atoms with E-state index in [1.165, 1.54) is 0 Å². The maximum absolute atomic E-state index is 11.9. The second-order valence-corrected chi connectivity index (χ2v) is 5.35. The molecule has 4 nitrogen and oxygen atoms in total. The number of H-pyrrole nitrogens is 1. The van der Waals surface area contributed by atoms with Gasteiger partial charge in [-0.05, 0) is 37.5 Å². The van der Waals surface area contributed by atoms with E-state index in [-0.39, 0.29) is 5.56 Å².